The molecule has 0 bridgehead atoms. The Morgan fingerprint density at radius 3 is 1.18 bits per heavy atom. The first-order chi connectivity index (χ1) is 33.2. The number of unbranched alkanes of at least 4 members (excludes halogenated alkanes) is 29. The summed E-state index contributed by atoms with van der Waals surface area (Å²) in [6, 6.07) is 0. The highest BCUT2D eigenvalue weighted by Crippen LogP contribution is 2.43. The smallest absolute Gasteiger partial charge is 0.462 e. The lowest BCUT2D eigenvalue weighted by atomic mass is 10.0. The Bertz CT molecular complexity index is 1280. The number of rotatable bonds is 52. The van der Waals surface area contributed by atoms with E-state index in [1.54, 1.807) is 0 Å². The molecule has 0 spiro atoms. The van der Waals surface area contributed by atoms with Crippen LogP contribution < -0.4 is 0 Å². The SMILES string of the molecule is CC/C=C\C/C=C\C/C=C\CCCCCCCC(=O)OCC(COP(=O)(O)OCC(CO)OC(=O)CCCCCCCCCCC)OC(=O)CCCCCCCCCCCCCCCCCCC. The van der Waals surface area contributed by atoms with Gasteiger partial charge >= 0.3 is 25.7 Å². The Labute approximate surface area is 416 Å². The average molecular weight is 983 g/mol. The molecule has 12 heteroatoms. The second-order valence-corrected chi connectivity index (χ2v) is 20.2. The molecule has 68 heavy (non-hydrogen) atoms. The molecule has 11 nitrogen and oxygen atoms in total. The van der Waals surface area contributed by atoms with Gasteiger partial charge in [-0.2, -0.15) is 0 Å². The minimum absolute atomic E-state index is 0.169. The van der Waals surface area contributed by atoms with Crippen LogP contribution in [-0.2, 0) is 42.2 Å². The van der Waals surface area contributed by atoms with Crippen LogP contribution in [0.3, 0.4) is 0 Å². The summed E-state index contributed by atoms with van der Waals surface area (Å²) in [4.78, 5) is 48.4. The maximum Gasteiger partial charge on any atom is 0.472 e. The number of aliphatic hydroxyl groups is 1. The first-order valence-corrected chi connectivity index (χ1v) is 29.4. The number of carbonyl (C=O) groups excluding carboxylic acids is 3. The Morgan fingerprint density at radius 1 is 0.426 bits per heavy atom. The molecule has 0 aliphatic rings. The van der Waals surface area contributed by atoms with E-state index in [0.29, 0.717) is 19.3 Å². The largest absolute Gasteiger partial charge is 0.472 e. The summed E-state index contributed by atoms with van der Waals surface area (Å²) >= 11 is 0. The van der Waals surface area contributed by atoms with Crippen LogP contribution in [0, 0.1) is 0 Å². The molecule has 398 valence electrons. The maximum absolute atomic E-state index is 12.9. The number of ether oxygens (including phenoxy) is 3. The van der Waals surface area contributed by atoms with Crippen molar-refractivity contribution in [3.8, 4) is 0 Å². The highest BCUT2D eigenvalue weighted by atomic mass is 31.2. The molecule has 0 radical (unpaired) electrons. The third-order valence-corrected chi connectivity index (χ3v) is 13.0. The van der Waals surface area contributed by atoms with Crippen LogP contribution in [0.15, 0.2) is 36.5 Å². The fourth-order valence-electron chi connectivity index (χ4n) is 7.84. The van der Waals surface area contributed by atoms with E-state index in [4.69, 9.17) is 23.3 Å². The predicted octanol–water partition coefficient (Wildman–Crippen LogP) is 16.0. The summed E-state index contributed by atoms with van der Waals surface area (Å²) in [6.07, 6.45) is 51.1. The molecular formula is C56H103O11P. The van der Waals surface area contributed by atoms with Crippen LogP contribution in [0.4, 0.5) is 0 Å². The van der Waals surface area contributed by atoms with Crippen LogP contribution in [0.25, 0.3) is 0 Å². The highest BCUT2D eigenvalue weighted by Gasteiger charge is 2.28. The number of phosphoric acid groups is 1. The molecule has 0 rings (SSSR count). The summed E-state index contributed by atoms with van der Waals surface area (Å²) in [5.74, 6) is -1.47. The van der Waals surface area contributed by atoms with Gasteiger partial charge in [-0.3, -0.25) is 23.4 Å². The minimum Gasteiger partial charge on any atom is -0.462 e. The van der Waals surface area contributed by atoms with Gasteiger partial charge in [-0.05, 0) is 51.4 Å². The molecule has 0 fully saturated rings. The number of hydrogen-bond donors (Lipinski definition) is 2. The van der Waals surface area contributed by atoms with Crippen LogP contribution in [0.5, 0.6) is 0 Å². The molecule has 0 aromatic rings. The normalized spacial score (nSPS) is 13.7. The van der Waals surface area contributed by atoms with Crippen LogP contribution in [0.1, 0.15) is 265 Å². The molecule has 0 heterocycles. The monoisotopic (exact) mass is 983 g/mol. The van der Waals surface area contributed by atoms with E-state index in [1.165, 1.54) is 116 Å². The van der Waals surface area contributed by atoms with Gasteiger partial charge < -0.3 is 24.2 Å². The zero-order valence-corrected chi connectivity index (χ0v) is 44.7. The van der Waals surface area contributed by atoms with Gasteiger partial charge in [0.25, 0.3) is 0 Å². The molecule has 0 saturated carbocycles. The van der Waals surface area contributed by atoms with Crippen LogP contribution in [0.2, 0.25) is 0 Å². The van der Waals surface area contributed by atoms with E-state index >= 15 is 0 Å². The van der Waals surface area contributed by atoms with Crippen molar-refractivity contribution in [1.29, 1.82) is 0 Å². The second-order valence-electron chi connectivity index (χ2n) is 18.7. The zero-order chi connectivity index (χ0) is 49.9. The van der Waals surface area contributed by atoms with Crippen molar-refractivity contribution in [2.24, 2.45) is 0 Å². The zero-order valence-electron chi connectivity index (χ0n) is 43.8. The van der Waals surface area contributed by atoms with Crippen molar-refractivity contribution in [2.75, 3.05) is 26.4 Å². The van der Waals surface area contributed by atoms with E-state index in [2.05, 4.69) is 57.2 Å². The van der Waals surface area contributed by atoms with Crippen molar-refractivity contribution in [3.05, 3.63) is 36.5 Å². The van der Waals surface area contributed by atoms with E-state index in [0.717, 1.165) is 89.9 Å². The van der Waals surface area contributed by atoms with Gasteiger partial charge in [-0.1, -0.05) is 231 Å². The lowest BCUT2D eigenvalue weighted by molar-refractivity contribution is -0.161. The van der Waals surface area contributed by atoms with Gasteiger partial charge in [0.15, 0.2) is 6.10 Å². The van der Waals surface area contributed by atoms with E-state index in [9.17, 15) is 28.9 Å². The Hall–Kier alpha value is -2.30. The Morgan fingerprint density at radius 2 is 0.765 bits per heavy atom. The summed E-state index contributed by atoms with van der Waals surface area (Å²) < 4.78 is 39.4. The summed E-state index contributed by atoms with van der Waals surface area (Å²) in [6.45, 7) is 4.52. The van der Waals surface area contributed by atoms with Gasteiger partial charge in [0.2, 0.25) is 0 Å². The molecule has 0 saturated heterocycles. The minimum atomic E-state index is -4.74. The number of hydrogen-bond acceptors (Lipinski definition) is 10. The first kappa shape index (κ1) is 65.7. The lowest BCUT2D eigenvalue weighted by Crippen LogP contribution is -2.30. The molecular weight excluding hydrogens is 880 g/mol. The van der Waals surface area contributed by atoms with Crippen molar-refractivity contribution in [1.82, 2.24) is 0 Å². The molecule has 0 amide bonds. The molecule has 3 atom stereocenters. The van der Waals surface area contributed by atoms with Gasteiger partial charge in [-0.15, -0.1) is 0 Å². The van der Waals surface area contributed by atoms with Crippen LogP contribution in [-0.4, -0.2) is 66.5 Å². The van der Waals surface area contributed by atoms with Gasteiger partial charge in [0.05, 0.1) is 19.8 Å². The van der Waals surface area contributed by atoms with Crippen molar-refractivity contribution >= 4 is 25.7 Å². The number of carbonyl (C=O) groups is 3. The van der Waals surface area contributed by atoms with E-state index in [1.807, 2.05) is 0 Å². The molecule has 0 aliphatic carbocycles. The van der Waals surface area contributed by atoms with Crippen molar-refractivity contribution in [3.63, 3.8) is 0 Å². The predicted molar refractivity (Wildman–Crippen MR) is 279 cm³/mol. The van der Waals surface area contributed by atoms with Gasteiger partial charge in [0.1, 0.15) is 12.7 Å². The number of phosphoric ester groups is 1. The van der Waals surface area contributed by atoms with E-state index < -0.39 is 57.8 Å². The highest BCUT2D eigenvalue weighted by molar-refractivity contribution is 7.47. The molecule has 0 aromatic carbocycles. The molecule has 3 unspecified atom stereocenters. The second kappa shape index (κ2) is 51.1. The number of esters is 3. The third kappa shape index (κ3) is 48.7. The fraction of sp³-hybridized carbons (Fsp3) is 0.839. The van der Waals surface area contributed by atoms with E-state index in [-0.39, 0.29) is 25.9 Å². The fourth-order valence-corrected chi connectivity index (χ4v) is 8.63. The molecule has 2 N–H and O–H groups in total. The number of allylic oxidation sites excluding steroid dienone is 6. The molecule has 0 aliphatic heterocycles. The summed E-state index contributed by atoms with van der Waals surface area (Å²) in [5, 5.41) is 9.76. The average Bonchev–Trinajstić information content (AvgIpc) is 3.32. The number of aliphatic hydroxyl groups excluding tert-OH is 1. The topological polar surface area (TPSA) is 155 Å². The maximum atomic E-state index is 12.9. The standard InChI is InChI=1S/C56H103O11P/c1-4-7-10-13-16-19-21-23-25-26-28-30-32-35-38-41-44-47-56(60)67-53(49-63-54(58)45-42-39-36-34-31-29-27-24-22-20-17-14-11-8-5-2)51-65-68(61,62)64-50-52(48-57)66-55(59)46-43-40-37-33-18-15-12-9-6-3/h8,11,17,20,24,27,52-53,57H,4-7,9-10,12-16,18-19,21-23,25-26,28-51H2,1-3H3,(H,61,62)/b11-8-,20-17-,27-24-. The Balaban J connectivity index is 4.71. The molecule has 0 aromatic heterocycles. The van der Waals surface area contributed by atoms with Crippen molar-refractivity contribution < 1.29 is 52.2 Å². The summed E-state index contributed by atoms with van der Waals surface area (Å²) in [7, 11) is -4.74. The van der Waals surface area contributed by atoms with Crippen molar-refractivity contribution in [2.45, 2.75) is 277 Å². The Kier molecular flexibility index (Phi) is 49.3. The lowest BCUT2D eigenvalue weighted by Gasteiger charge is -2.21. The quantitative estimate of drug-likeness (QED) is 0.0197. The van der Waals surface area contributed by atoms with Gasteiger partial charge in [0, 0.05) is 19.3 Å². The summed E-state index contributed by atoms with van der Waals surface area (Å²) in [5.41, 5.74) is 0. The van der Waals surface area contributed by atoms with Crippen LogP contribution >= 0.6 is 7.82 Å². The first-order valence-electron chi connectivity index (χ1n) is 27.9. The third-order valence-electron chi connectivity index (χ3n) is 12.1. The van der Waals surface area contributed by atoms with Gasteiger partial charge in [-0.25, -0.2) is 4.57 Å².